The van der Waals surface area contributed by atoms with Crippen LogP contribution < -0.4 is 5.32 Å². The molecule has 18 heavy (non-hydrogen) atoms. The molecule has 0 radical (unpaired) electrons. The zero-order valence-electron chi connectivity index (χ0n) is 10.6. The standard InChI is InChI=1S/C15H20N2O/c18-15(17-9-4-10-17)16-14(13-7-8-13)11-12-5-2-1-3-6-12/h1-3,5-6,13-14H,4,7-11H2,(H,16,18). The molecule has 1 aromatic carbocycles. The van der Waals surface area contributed by atoms with Crippen molar-refractivity contribution in [3.63, 3.8) is 0 Å². The van der Waals surface area contributed by atoms with E-state index in [0.717, 1.165) is 25.9 Å². The van der Waals surface area contributed by atoms with Crippen LogP contribution in [0.15, 0.2) is 30.3 Å². The van der Waals surface area contributed by atoms with Gasteiger partial charge in [0.2, 0.25) is 0 Å². The molecule has 1 aliphatic heterocycles. The second-order valence-corrected chi connectivity index (χ2v) is 5.42. The molecular weight excluding hydrogens is 224 g/mol. The van der Waals surface area contributed by atoms with Gasteiger partial charge in [-0.2, -0.15) is 0 Å². The predicted octanol–water partition coefficient (Wildman–Crippen LogP) is 2.42. The van der Waals surface area contributed by atoms with Gasteiger partial charge in [-0.1, -0.05) is 30.3 Å². The van der Waals surface area contributed by atoms with Crippen LogP contribution in [0.5, 0.6) is 0 Å². The maximum absolute atomic E-state index is 12.0. The van der Waals surface area contributed by atoms with Gasteiger partial charge in [0.05, 0.1) is 0 Å². The zero-order chi connectivity index (χ0) is 12.4. The molecule has 3 nitrogen and oxygen atoms in total. The van der Waals surface area contributed by atoms with Crippen LogP contribution in [0.2, 0.25) is 0 Å². The Balaban J connectivity index is 1.59. The minimum atomic E-state index is 0.133. The van der Waals surface area contributed by atoms with E-state index in [1.54, 1.807) is 0 Å². The zero-order valence-corrected chi connectivity index (χ0v) is 10.6. The van der Waals surface area contributed by atoms with Crippen molar-refractivity contribution in [3.8, 4) is 0 Å². The molecule has 1 N–H and O–H groups in total. The highest BCUT2D eigenvalue weighted by Crippen LogP contribution is 2.34. The number of rotatable bonds is 4. The number of carbonyl (C=O) groups is 1. The van der Waals surface area contributed by atoms with E-state index in [1.807, 2.05) is 11.0 Å². The van der Waals surface area contributed by atoms with Crippen molar-refractivity contribution >= 4 is 6.03 Å². The maximum atomic E-state index is 12.0. The topological polar surface area (TPSA) is 32.3 Å². The summed E-state index contributed by atoms with van der Waals surface area (Å²) in [6, 6.07) is 10.9. The molecular formula is C15H20N2O. The Kier molecular flexibility index (Phi) is 3.22. The SMILES string of the molecule is O=C(NC(Cc1ccccc1)C1CC1)N1CCC1. The fourth-order valence-corrected chi connectivity index (χ4v) is 2.47. The van der Waals surface area contributed by atoms with Crippen molar-refractivity contribution in [1.29, 1.82) is 0 Å². The van der Waals surface area contributed by atoms with Crippen LogP contribution >= 0.6 is 0 Å². The van der Waals surface area contributed by atoms with Crippen LogP contribution in [0.4, 0.5) is 4.79 Å². The molecule has 96 valence electrons. The lowest BCUT2D eigenvalue weighted by molar-refractivity contribution is 0.162. The summed E-state index contributed by atoms with van der Waals surface area (Å²) in [5, 5.41) is 3.22. The Bertz CT molecular complexity index is 410. The number of hydrogen-bond acceptors (Lipinski definition) is 1. The Morgan fingerprint density at radius 3 is 2.56 bits per heavy atom. The van der Waals surface area contributed by atoms with Crippen molar-refractivity contribution in [2.45, 2.75) is 31.7 Å². The van der Waals surface area contributed by atoms with E-state index in [1.165, 1.54) is 18.4 Å². The Morgan fingerprint density at radius 1 is 1.28 bits per heavy atom. The summed E-state index contributed by atoms with van der Waals surface area (Å²) < 4.78 is 0. The predicted molar refractivity (Wildman–Crippen MR) is 71.4 cm³/mol. The molecule has 2 aliphatic rings. The lowest BCUT2D eigenvalue weighted by Crippen LogP contribution is -2.51. The molecule has 1 saturated carbocycles. The molecule has 0 aromatic heterocycles. The Hall–Kier alpha value is -1.51. The smallest absolute Gasteiger partial charge is 0.317 e. The molecule has 2 fully saturated rings. The number of carbonyl (C=O) groups excluding carboxylic acids is 1. The minimum absolute atomic E-state index is 0.133. The summed E-state index contributed by atoms with van der Waals surface area (Å²) in [5.41, 5.74) is 1.32. The highest BCUT2D eigenvalue weighted by Gasteiger charge is 2.33. The molecule has 1 atom stereocenters. The van der Waals surface area contributed by atoms with Crippen molar-refractivity contribution in [2.24, 2.45) is 5.92 Å². The van der Waals surface area contributed by atoms with Crippen molar-refractivity contribution in [1.82, 2.24) is 10.2 Å². The lowest BCUT2D eigenvalue weighted by Gasteiger charge is -2.33. The monoisotopic (exact) mass is 244 g/mol. The Labute approximate surface area is 108 Å². The second-order valence-electron chi connectivity index (χ2n) is 5.42. The molecule has 0 spiro atoms. The van der Waals surface area contributed by atoms with Gasteiger partial charge in [0.1, 0.15) is 0 Å². The first kappa shape index (κ1) is 11.6. The van der Waals surface area contributed by atoms with E-state index in [9.17, 15) is 4.79 Å². The summed E-state index contributed by atoms with van der Waals surface area (Å²) >= 11 is 0. The van der Waals surface area contributed by atoms with Crippen molar-refractivity contribution in [3.05, 3.63) is 35.9 Å². The first-order chi connectivity index (χ1) is 8.83. The third-order valence-corrected chi connectivity index (χ3v) is 3.94. The summed E-state index contributed by atoms with van der Waals surface area (Å²) in [5.74, 6) is 0.690. The third kappa shape index (κ3) is 2.66. The number of likely N-dealkylation sites (tertiary alicyclic amines) is 1. The van der Waals surface area contributed by atoms with Crippen LogP contribution in [0.3, 0.4) is 0 Å². The van der Waals surface area contributed by atoms with E-state index < -0.39 is 0 Å². The van der Waals surface area contributed by atoms with Crippen molar-refractivity contribution in [2.75, 3.05) is 13.1 Å². The third-order valence-electron chi connectivity index (χ3n) is 3.94. The van der Waals surface area contributed by atoms with Gasteiger partial charge in [-0.3, -0.25) is 0 Å². The molecule has 1 saturated heterocycles. The summed E-state index contributed by atoms with van der Waals surface area (Å²) in [7, 11) is 0. The van der Waals surface area contributed by atoms with Crippen LogP contribution in [-0.2, 0) is 6.42 Å². The molecule has 0 bridgehead atoms. The first-order valence-electron chi connectivity index (χ1n) is 6.92. The quantitative estimate of drug-likeness (QED) is 0.866. The first-order valence-corrected chi connectivity index (χ1v) is 6.92. The van der Waals surface area contributed by atoms with Gasteiger partial charge in [0.25, 0.3) is 0 Å². The molecule has 3 heteroatoms. The number of hydrogen-bond donors (Lipinski definition) is 1. The number of urea groups is 1. The van der Waals surface area contributed by atoms with Gasteiger partial charge >= 0.3 is 6.03 Å². The van der Waals surface area contributed by atoms with Crippen LogP contribution in [-0.4, -0.2) is 30.1 Å². The van der Waals surface area contributed by atoms with E-state index >= 15 is 0 Å². The lowest BCUT2D eigenvalue weighted by atomic mass is 10.0. The number of benzene rings is 1. The second kappa shape index (κ2) is 5.01. The van der Waals surface area contributed by atoms with Crippen LogP contribution in [0.25, 0.3) is 0 Å². The molecule has 2 amide bonds. The van der Waals surface area contributed by atoms with E-state index in [-0.39, 0.29) is 6.03 Å². The fraction of sp³-hybridized carbons (Fsp3) is 0.533. The van der Waals surface area contributed by atoms with Crippen LogP contribution in [0, 0.1) is 5.92 Å². The largest absolute Gasteiger partial charge is 0.335 e. The molecule has 1 aromatic rings. The number of nitrogens with one attached hydrogen (secondary N) is 1. The van der Waals surface area contributed by atoms with Gasteiger partial charge in [-0.05, 0) is 37.2 Å². The van der Waals surface area contributed by atoms with Gasteiger partial charge in [-0.25, -0.2) is 4.79 Å². The summed E-state index contributed by atoms with van der Waals surface area (Å²) in [4.78, 5) is 13.9. The fourth-order valence-electron chi connectivity index (χ4n) is 2.47. The van der Waals surface area contributed by atoms with E-state index in [2.05, 4.69) is 29.6 Å². The average Bonchev–Trinajstić information content (AvgIpc) is 3.11. The number of amides is 2. The van der Waals surface area contributed by atoms with Gasteiger partial charge in [0.15, 0.2) is 0 Å². The minimum Gasteiger partial charge on any atom is -0.335 e. The normalized spacial score (nSPS) is 20.1. The van der Waals surface area contributed by atoms with Crippen molar-refractivity contribution < 1.29 is 4.79 Å². The molecule has 1 heterocycles. The maximum Gasteiger partial charge on any atom is 0.317 e. The molecule has 1 unspecified atom stereocenters. The molecule has 1 aliphatic carbocycles. The highest BCUT2D eigenvalue weighted by molar-refractivity contribution is 5.75. The summed E-state index contributed by atoms with van der Waals surface area (Å²) in [6.07, 6.45) is 4.64. The average molecular weight is 244 g/mol. The van der Waals surface area contributed by atoms with Gasteiger partial charge < -0.3 is 10.2 Å². The van der Waals surface area contributed by atoms with Gasteiger partial charge in [-0.15, -0.1) is 0 Å². The summed E-state index contributed by atoms with van der Waals surface area (Å²) in [6.45, 7) is 1.85. The van der Waals surface area contributed by atoms with E-state index in [4.69, 9.17) is 0 Å². The van der Waals surface area contributed by atoms with Crippen LogP contribution in [0.1, 0.15) is 24.8 Å². The van der Waals surface area contributed by atoms with Gasteiger partial charge in [0, 0.05) is 19.1 Å². The molecule has 3 rings (SSSR count). The van der Waals surface area contributed by atoms with E-state index in [0.29, 0.717) is 12.0 Å². The highest BCUT2D eigenvalue weighted by atomic mass is 16.2. The number of nitrogens with zero attached hydrogens (tertiary/aromatic N) is 1. The Morgan fingerprint density at radius 2 is 2.00 bits per heavy atom.